The van der Waals surface area contributed by atoms with Crippen LogP contribution in [0.5, 0.6) is 0 Å². The van der Waals surface area contributed by atoms with Crippen LogP contribution in [-0.4, -0.2) is 91.6 Å². The van der Waals surface area contributed by atoms with Gasteiger partial charge in [-0.25, -0.2) is 9.59 Å². The number of amides is 2. The van der Waals surface area contributed by atoms with Gasteiger partial charge in [-0.05, 0) is 58.4 Å². The molecule has 148 valence electrons. The first-order valence-corrected chi connectivity index (χ1v) is 10.1. The summed E-state index contributed by atoms with van der Waals surface area (Å²) in [6.45, 7) is 10.3. The first-order chi connectivity index (χ1) is 12.7. The van der Waals surface area contributed by atoms with Crippen molar-refractivity contribution in [3.8, 4) is 0 Å². The number of piperazine rings is 1. The molecule has 8 heteroatoms. The van der Waals surface area contributed by atoms with E-state index in [2.05, 4.69) is 27.5 Å². The predicted octanol–water partition coefficient (Wildman–Crippen LogP) is 0.256. The first-order valence-electron chi connectivity index (χ1n) is 10.1. The van der Waals surface area contributed by atoms with E-state index in [9.17, 15) is 9.59 Å². The second kappa shape index (κ2) is 9.53. The van der Waals surface area contributed by atoms with E-state index in [1.165, 1.54) is 12.8 Å². The van der Waals surface area contributed by atoms with E-state index < -0.39 is 0 Å². The van der Waals surface area contributed by atoms with Gasteiger partial charge in [-0.3, -0.25) is 4.90 Å². The van der Waals surface area contributed by atoms with Crippen molar-refractivity contribution in [1.29, 1.82) is 0 Å². The maximum atomic E-state index is 12.3. The molecule has 3 fully saturated rings. The Morgan fingerprint density at radius 2 is 1.65 bits per heavy atom. The molecule has 3 aliphatic heterocycles. The quantitative estimate of drug-likeness (QED) is 0.697. The normalized spacial score (nSPS) is 24.4. The van der Waals surface area contributed by atoms with E-state index in [0.717, 1.165) is 58.7 Å². The molecule has 0 atom stereocenters. The van der Waals surface area contributed by atoms with Crippen LogP contribution in [0.15, 0.2) is 0 Å². The van der Waals surface area contributed by atoms with E-state index in [1.54, 1.807) is 4.90 Å². The number of rotatable bonds is 3. The van der Waals surface area contributed by atoms with Crippen LogP contribution in [0.1, 0.15) is 32.6 Å². The molecule has 0 bridgehead atoms. The standard InChI is InChI=1S/C18H33N5O3/c1-2-21-9-5-15(6-10-21)17(24)26-20-18(25)23-13-11-22(12-14-23)16-3-7-19-8-4-16/h15-16,19H,2-14H2,1H3,(H,20,25). The first kappa shape index (κ1) is 19.4. The fraction of sp³-hybridized carbons (Fsp3) is 0.889. The summed E-state index contributed by atoms with van der Waals surface area (Å²) in [5.74, 6) is -0.405. The highest BCUT2D eigenvalue weighted by Crippen LogP contribution is 2.18. The SMILES string of the molecule is CCN1CCC(C(=O)ONC(=O)N2CCN(C3CCNCC3)CC2)CC1. The van der Waals surface area contributed by atoms with E-state index in [0.29, 0.717) is 19.1 Å². The number of likely N-dealkylation sites (tertiary alicyclic amines) is 1. The monoisotopic (exact) mass is 367 g/mol. The lowest BCUT2D eigenvalue weighted by Crippen LogP contribution is -2.55. The number of hydrogen-bond donors (Lipinski definition) is 2. The van der Waals surface area contributed by atoms with E-state index in [1.807, 2.05) is 0 Å². The molecule has 0 aromatic heterocycles. The molecule has 0 aromatic carbocycles. The number of nitrogens with zero attached hydrogens (tertiary/aromatic N) is 3. The van der Waals surface area contributed by atoms with Gasteiger partial charge in [-0.1, -0.05) is 6.92 Å². The molecule has 26 heavy (non-hydrogen) atoms. The Kier molecular flexibility index (Phi) is 7.10. The van der Waals surface area contributed by atoms with Gasteiger partial charge in [0.1, 0.15) is 0 Å². The van der Waals surface area contributed by atoms with Crippen molar-refractivity contribution in [2.75, 3.05) is 58.9 Å². The third-order valence-electron chi connectivity index (χ3n) is 6.03. The van der Waals surface area contributed by atoms with Crippen molar-refractivity contribution < 1.29 is 14.4 Å². The highest BCUT2D eigenvalue weighted by molar-refractivity contribution is 5.77. The van der Waals surface area contributed by atoms with Gasteiger partial charge in [0.25, 0.3) is 0 Å². The summed E-state index contributed by atoms with van der Waals surface area (Å²) in [4.78, 5) is 36.1. The summed E-state index contributed by atoms with van der Waals surface area (Å²) in [6, 6.07) is 0.336. The zero-order chi connectivity index (χ0) is 18.4. The minimum atomic E-state index is -0.303. The Labute approximate surface area is 156 Å². The lowest BCUT2D eigenvalue weighted by Gasteiger charge is -2.40. The average Bonchev–Trinajstić information content (AvgIpc) is 2.72. The lowest BCUT2D eigenvalue weighted by atomic mass is 9.97. The Bertz CT molecular complexity index is 467. The predicted molar refractivity (Wildman–Crippen MR) is 98.5 cm³/mol. The van der Waals surface area contributed by atoms with Crippen molar-refractivity contribution >= 4 is 12.0 Å². The molecule has 3 heterocycles. The summed E-state index contributed by atoms with van der Waals surface area (Å²) < 4.78 is 0. The van der Waals surface area contributed by atoms with Crippen LogP contribution in [0, 0.1) is 5.92 Å². The number of urea groups is 1. The minimum Gasteiger partial charge on any atom is -0.339 e. The Morgan fingerprint density at radius 3 is 2.27 bits per heavy atom. The number of nitrogens with one attached hydrogen (secondary N) is 2. The molecule has 0 spiro atoms. The Morgan fingerprint density at radius 1 is 1.00 bits per heavy atom. The lowest BCUT2D eigenvalue weighted by molar-refractivity contribution is -0.155. The third-order valence-corrected chi connectivity index (χ3v) is 6.03. The minimum absolute atomic E-state index is 0.102. The van der Waals surface area contributed by atoms with E-state index >= 15 is 0 Å². The summed E-state index contributed by atoms with van der Waals surface area (Å²) in [7, 11) is 0. The van der Waals surface area contributed by atoms with Crippen molar-refractivity contribution in [2.24, 2.45) is 5.92 Å². The average molecular weight is 367 g/mol. The molecule has 3 aliphatic rings. The van der Waals surface area contributed by atoms with Gasteiger partial charge in [-0.2, -0.15) is 5.48 Å². The molecule has 0 unspecified atom stereocenters. The van der Waals surface area contributed by atoms with Gasteiger partial charge in [0.05, 0.1) is 5.92 Å². The van der Waals surface area contributed by atoms with Crippen molar-refractivity contribution in [2.45, 2.75) is 38.6 Å². The molecule has 0 saturated carbocycles. The van der Waals surface area contributed by atoms with E-state index in [-0.39, 0.29) is 17.9 Å². The smallest absolute Gasteiger partial charge is 0.339 e. The second-order valence-electron chi connectivity index (χ2n) is 7.54. The number of hydroxylamine groups is 1. The molecular formula is C18H33N5O3. The molecule has 0 aliphatic carbocycles. The van der Waals surface area contributed by atoms with Gasteiger partial charge < -0.3 is 20.0 Å². The van der Waals surface area contributed by atoms with Gasteiger partial charge in [0.2, 0.25) is 0 Å². The van der Waals surface area contributed by atoms with Gasteiger partial charge in [0.15, 0.2) is 0 Å². The van der Waals surface area contributed by atoms with Gasteiger partial charge in [-0.15, -0.1) is 0 Å². The molecule has 0 aromatic rings. The van der Waals surface area contributed by atoms with Gasteiger partial charge in [0, 0.05) is 32.2 Å². The maximum Gasteiger partial charge on any atom is 0.350 e. The fourth-order valence-corrected chi connectivity index (χ4v) is 4.19. The van der Waals surface area contributed by atoms with Crippen LogP contribution in [0.3, 0.4) is 0 Å². The zero-order valence-corrected chi connectivity index (χ0v) is 15.9. The maximum absolute atomic E-state index is 12.3. The summed E-state index contributed by atoms with van der Waals surface area (Å²) >= 11 is 0. The highest BCUT2D eigenvalue weighted by atomic mass is 16.7. The second-order valence-corrected chi connectivity index (χ2v) is 7.54. The summed E-state index contributed by atoms with van der Waals surface area (Å²) in [6.07, 6.45) is 3.97. The molecule has 8 nitrogen and oxygen atoms in total. The molecular weight excluding hydrogens is 334 g/mol. The number of carbonyl (C=O) groups is 2. The highest BCUT2D eigenvalue weighted by Gasteiger charge is 2.29. The molecule has 3 rings (SSSR count). The number of carbonyl (C=O) groups excluding carboxylic acids is 2. The number of piperidine rings is 2. The summed E-state index contributed by atoms with van der Waals surface area (Å²) in [5, 5.41) is 3.39. The molecule has 3 saturated heterocycles. The van der Waals surface area contributed by atoms with Crippen LogP contribution in [0.25, 0.3) is 0 Å². The topological polar surface area (TPSA) is 77.2 Å². The zero-order valence-electron chi connectivity index (χ0n) is 15.9. The number of hydrogen-bond acceptors (Lipinski definition) is 6. The Hall–Kier alpha value is -1.38. The Balaban J connectivity index is 1.34. The van der Waals surface area contributed by atoms with Crippen LogP contribution in [-0.2, 0) is 9.63 Å². The van der Waals surface area contributed by atoms with Crippen LogP contribution < -0.4 is 10.8 Å². The third kappa shape index (κ3) is 5.08. The van der Waals surface area contributed by atoms with Crippen LogP contribution in [0.2, 0.25) is 0 Å². The molecule has 2 amide bonds. The van der Waals surface area contributed by atoms with Crippen molar-refractivity contribution in [1.82, 2.24) is 25.5 Å². The van der Waals surface area contributed by atoms with Crippen LogP contribution in [0.4, 0.5) is 4.79 Å². The molecule has 2 N–H and O–H groups in total. The van der Waals surface area contributed by atoms with Gasteiger partial charge >= 0.3 is 12.0 Å². The van der Waals surface area contributed by atoms with E-state index in [4.69, 9.17) is 4.84 Å². The largest absolute Gasteiger partial charge is 0.350 e. The van der Waals surface area contributed by atoms with Crippen LogP contribution >= 0.6 is 0 Å². The van der Waals surface area contributed by atoms with Crippen molar-refractivity contribution in [3.63, 3.8) is 0 Å². The summed E-state index contributed by atoms with van der Waals surface area (Å²) in [5.41, 5.74) is 2.36. The fourth-order valence-electron chi connectivity index (χ4n) is 4.19. The molecule has 0 radical (unpaired) electrons. The van der Waals surface area contributed by atoms with Crippen molar-refractivity contribution in [3.05, 3.63) is 0 Å².